The molecule has 0 fully saturated rings. The Bertz CT molecular complexity index is 566. The highest BCUT2D eigenvalue weighted by atomic mass is 16.2. The number of nitrogens with zero attached hydrogens (tertiary/aromatic N) is 1. The number of benzene rings is 1. The predicted molar refractivity (Wildman–Crippen MR) is 85.2 cm³/mol. The molecule has 2 aromatic rings. The summed E-state index contributed by atoms with van der Waals surface area (Å²) in [6.45, 7) is 4.83. The number of rotatable bonds is 5. The molecule has 0 aliphatic rings. The first-order chi connectivity index (χ1) is 10.2. The highest BCUT2D eigenvalue weighted by Crippen LogP contribution is 2.20. The summed E-state index contributed by atoms with van der Waals surface area (Å²) in [5, 5.41) is 5.63. The summed E-state index contributed by atoms with van der Waals surface area (Å²) in [5.74, 6) is 0.540. The van der Waals surface area contributed by atoms with E-state index in [4.69, 9.17) is 0 Å². The van der Waals surface area contributed by atoms with Gasteiger partial charge in [-0.25, -0.2) is 4.79 Å². The maximum absolute atomic E-state index is 11.8. The fourth-order valence-corrected chi connectivity index (χ4v) is 1.99. The molecule has 0 unspecified atom stereocenters. The molecule has 2 amide bonds. The molecule has 0 saturated carbocycles. The largest absolute Gasteiger partial charge is 0.334 e. The number of pyridine rings is 1. The van der Waals surface area contributed by atoms with E-state index in [-0.39, 0.29) is 6.03 Å². The van der Waals surface area contributed by atoms with Crippen molar-refractivity contribution in [1.82, 2.24) is 10.3 Å². The van der Waals surface area contributed by atoms with Crippen molar-refractivity contribution in [1.29, 1.82) is 0 Å². The Labute approximate surface area is 125 Å². The van der Waals surface area contributed by atoms with Crippen LogP contribution in [-0.4, -0.2) is 11.0 Å². The molecule has 1 heterocycles. The molecule has 0 spiro atoms. The van der Waals surface area contributed by atoms with E-state index in [1.165, 1.54) is 5.56 Å². The molecular formula is C17H21N3O. The Hall–Kier alpha value is -2.36. The Morgan fingerprint density at radius 3 is 2.62 bits per heavy atom. The maximum atomic E-state index is 11.8. The third-order valence-electron chi connectivity index (χ3n) is 3.53. The lowest BCUT2D eigenvalue weighted by atomic mass is 9.99. The molecule has 1 aromatic heterocycles. The number of carbonyl (C=O) groups excluding carboxylic acids is 1. The van der Waals surface area contributed by atoms with E-state index in [1.807, 2.05) is 24.3 Å². The maximum Gasteiger partial charge on any atom is 0.319 e. The van der Waals surface area contributed by atoms with Crippen LogP contribution in [0.3, 0.4) is 0 Å². The lowest BCUT2D eigenvalue weighted by Crippen LogP contribution is -2.28. The summed E-state index contributed by atoms with van der Waals surface area (Å²) in [5.41, 5.74) is 3.06. The first-order valence-corrected chi connectivity index (χ1v) is 7.22. The fraction of sp³-hybridized carbons (Fsp3) is 0.294. The van der Waals surface area contributed by atoms with Crippen LogP contribution in [0, 0.1) is 0 Å². The average Bonchev–Trinajstić information content (AvgIpc) is 2.54. The standard InChI is InChI=1S/C17H21N3O/c1-3-13(2)15-6-8-16(9-7-15)20-17(21)19-12-14-5-4-10-18-11-14/h4-11,13H,3,12H2,1-2H3,(H2,19,20,21)/t13-/m1/s1. The number of anilines is 1. The average molecular weight is 283 g/mol. The third-order valence-corrected chi connectivity index (χ3v) is 3.53. The molecule has 0 bridgehead atoms. The highest BCUT2D eigenvalue weighted by Gasteiger charge is 2.04. The molecule has 0 aliphatic heterocycles. The Morgan fingerprint density at radius 2 is 2.00 bits per heavy atom. The summed E-state index contributed by atoms with van der Waals surface area (Å²) < 4.78 is 0. The molecule has 1 atom stereocenters. The van der Waals surface area contributed by atoms with Gasteiger partial charge >= 0.3 is 6.03 Å². The SMILES string of the molecule is CC[C@@H](C)c1ccc(NC(=O)NCc2cccnc2)cc1. The van der Waals surface area contributed by atoms with Gasteiger partial charge in [0.25, 0.3) is 0 Å². The van der Waals surface area contributed by atoms with Crippen LogP contribution in [0.5, 0.6) is 0 Å². The molecule has 2 rings (SSSR count). The number of aromatic nitrogens is 1. The van der Waals surface area contributed by atoms with Gasteiger partial charge in [0.05, 0.1) is 0 Å². The van der Waals surface area contributed by atoms with Crippen molar-refractivity contribution >= 4 is 11.7 Å². The number of hydrogen-bond acceptors (Lipinski definition) is 2. The summed E-state index contributed by atoms with van der Waals surface area (Å²) in [6, 6.07) is 11.6. The van der Waals surface area contributed by atoms with Crippen LogP contribution in [0.1, 0.15) is 37.3 Å². The van der Waals surface area contributed by atoms with Crippen molar-refractivity contribution in [3.8, 4) is 0 Å². The predicted octanol–water partition coefficient (Wildman–Crippen LogP) is 3.92. The minimum Gasteiger partial charge on any atom is -0.334 e. The van der Waals surface area contributed by atoms with Crippen molar-refractivity contribution < 1.29 is 4.79 Å². The number of carbonyl (C=O) groups is 1. The summed E-state index contributed by atoms with van der Waals surface area (Å²) in [7, 11) is 0. The molecule has 4 heteroatoms. The van der Waals surface area contributed by atoms with Crippen LogP contribution in [0.4, 0.5) is 10.5 Å². The van der Waals surface area contributed by atoms with Gasteiger partial charge < -0.3 is 10.6 Å². The van der Waals surface area contributed by atoms with E-state index in [0.717, 1.165) is 17.7 Å². The molecule has 110 valence electrons. The van der Waals surface area contributed by atoms with Crippen molar-refractivity contribution in [2.24, 2.45) is 0 Å². The second kappa shape index (κ2) is 7.43. The number of urea groups is 1. The van der Waals surface area contributed by atoms with Crippen LogP contribution in [0.15, 0.2) is 48.8 Å². The van der Waals surface area contributed by atoms with Crippen LogP contribution in [0.2, 0.25) is 0 Å². The van der Waals surface area contributed by atoms with Gasteiger partial charge in [-0.05, 0) is 41.7 Å². The Kier molecular flexibility index (Phi) is 5.32. The van der Waals surface area contributed by atoms with E-state index in [0.29, 0.717) is 12.5 Å². The van der Waals surface area contributed by atoms with E-state index < -0.39 is 0 Å². The smallest absolute Gasteiger partial charge is 0.319 e. The van der Waals surface area contributed by atoms with E-state index in [9.17, 15) is 4.79 Å². The minimum atomic E-state index is -0.213. The fourth-order valence-electron chi connectivity index (χ4n) is 1.99. The van der Waals surface area contributed by atoms with Gasteiger partial charge in [-0.2, -0.15) is 0 Å². The van der Waals surface area contributed by atoms with Gasteiger partial charge in [-0.15, -0.1) is 0 Å². The summed E-state index contributed by atoms with van der Waals surface area (Å²) in [4.78, 5) is 15.8. The zero-order chi connectivity index (χ0) is 15.1. The molecule has 1 aromatic carbocycles. The number of hydrogen-bond donors (Lipinski definition) is 2. The molecule has 0 aliphatic carbocycles. The van der Waals surface area contributed by atoms with Crippen LogP contribution in [0.25, 0.3) is 0 Å². The van der Waals surface area contributed by atoms with E-state index >= 15 is 0 Å². The monoisotopic (exact) mass is 283 g/mol. The van der Waals surface area contributed by atoms with Gasteiger partial charge in [-0.1, -0.05) is 32.0 Å². The number of nitrogens with one attached hydrogen (secondary N) is 2. The zero-order valence-electron chi connectivity index (χ0n) is 12.5. The topological polar surface area (TPSA) is 54.0 Å². The molecule has 21 heavy (non-hydrogen) atoms. The second-order valence-electron chi connectivity index (χ2n) is 5.10. The van der Waals surface area contributed by atoms with Crippen molar-refractivity contribution in [2.75, 3.05) is 5.32 Å². The first kappa shape index (κ1) is 15.0. The van der Waals surface area contributed by atoms with E-state index in [2.05, 4.69) is 41.6 Å². The third kappa shape index (κ3) is 4.60. The van der Waals surface area contributed by atoms with Gasteiger partial charge in [-0.3, -0.25) is 4.98 Å². The first-order valence-electron chi connectivity index (χ1n) is 7.22. The van der Waals surface area contributed by atoms with Crippen molar-refractivity contribution in [2.45, 2.75) is 32.7 Å². The Balaban J connectivity index is 1.85. The van der Waals surface area contributed by atoms with Gasteiger partial charge in [0, 0.05) is 24.6 Å². The molecule has 4 nitrogen and oxygen atoms in total. The molecule has 0 saturated heterocycles. The van der Waals surface area contributed by atoms with Gasteiger partial charge in [0.2, 0.25) is 0 Å². The normalized spacial score (nSPS) is 11.7. The van der Waals surface area contributed by atoms with Crippen LogP contribution < -0.4 is 10.6 Å². The molecule has 2 N–H and O–H groups in total. The molecular weight excluding hydrogens is 262 g/mol. The van der Waals surface area contributed by atoms with Gasteiger partial charge in [0.15, 0.2) is 0 Å². The lowest BCUT2D eigenvalue weighted by Gasteiger charge is -2.11. The molecule has 0 radical (unpaired) electrons. The lowest BCUT2D eigenvalue weighted by molar-refractivity contribution is 0.251. The van der Waals surface area contributed by atoms with E-state index in [1.54, 1.807) is 12.4 Å². The Morgan fingerprint density at radius 1 is 1.24 bits per heavy atom. The van der Waals surface area contributed by atoms with Crippen molar-refractivity contribution in [3.05, 3.63) is 59.9 Å². The quantitative estimate of drug-likeness (QED) is 0.874. The van der Waals surface area contributed by atoms with Gasteiger partial charge in [0.1, 0.15) is 0 Å². The van der Waals surface area contributed by atoms with Crippen LogP contribution >= 0.6 is 0 Å². The summed E-state index contributed by atoms with van der Waals surface area (Å²) in [6.07, 6.45) is 4.56. The second-order valence-corrected chi connectivity index (χ2v) is 5.10. The number of amides is 2. The summed E-state index contributed by atoms with van der Waals surface area (Å²) >= 11 is 0. The van der Waals surface area contributed by atoms with Crippen LogP contribution in [-0.2, 0) is 6.54 Å². The zero-order valence-corrected chi connectivity index (χ0v) is 12.5. The minimum absolute atomic E-state index is 0.213. The highest BCUT2D eigenvalue weighted by molar-refractivity contribution is 5.89. The van der Waals surface area contributed by atoms with Crippen molar-refractivity contribution in [3.63, 3.8) is 0 Å².